The second kappa shape index (κ2) is 7.79. The molecule has 1 N–H and O–H groups in total. The van der Waals surface area contributed by atoms with Crippen LogP contribution in [0.2, 0.25) is 0 Å². The predicted molar refractivity (Wildman–Crippen MR) is 88.1 cm³/mol. The molecule has 0 aromatic rings. The van der Waals surface area contributed by atoms with Crippen LogP contribution in [0.3, 0.4) is 0 Å². The van der Waals surface area contributed by atoms with Crippen molar-refractivity contribution >= 4 is 0 Å². The summed E-state index contributed by atoms with van der Waals surface area (Å²) in [5.41, 5.74) is 0.558. The highest BCUT2D eigenvalue weighted by Crippen LogP contribution is 2.37. The molecular weight excluding hydrogens is 244 g/mol. The summed E-state index contributed by atoms with van der Waals surface area (Å²) in [7, 11) is 0. The molecule has 118 valence electrons. The first-order valence-electron chi connectivity index (χ1n) is 9.09. The summed E-state index contributed by atoms with van der Waals surface area (Å²) in [6.07, 6.45) is 11.7. The molecule has 2 nitrogen and oxygen atoms in total. The minimum absolute atomic E-state index is 0.558. The van der Waals surface area contributed by atoms with Crippen LogP contribution in [0, 0.1) is 11.3 Å². The molecule has 0 atom stereocenters. The first kappa shape index (κ1) is 16.3. The Kier molecular flexibility index (Phi) is 6.35. The van der Waals surface area contributed by atoms with Crippen LogP contribution in [0.5, 0.6) is 0 Å². The van der Waals surface area contributed by atoms with Crippen molar-refractivity contribution in [2.24, 2.45) is 11.3 Å². The molecule has 0 aromatic heterocycles. The number of nitrogens with one attached hydrogen (secondary N) is 1. The lowest BCUT2D eigenvalue weighted by atomic mass is 9.73. The third-order valence-corrected chi connectivity index (χ3v) is 5.55. The molecule has 0 aliphatic heterocycles. The van der Waals surface area contributed by atoms with E-state index >= 15 is 0 Å². The van der Waals surface area contributed by atoms with E-state index in [1.807, 2.05) is 0 Å². The highest BCUT2D eigenvalue weighted by molar-refractivity contribution is 4.89. The fourth-order valence-corrected chi connectivity index (χ4v) is 3.93. The van der Waals surface area contributed by atoms with E-state index in [4.69, 9.17) is 0 Å². The van der Waals surface area contributed by atoms with Crippen molar-refractivity contribution in [2.45, 2.75) is 78.2 Å². The van der Waals surface area contributed by atoms with Crippen LogP contribution < -0.4 is 5.32 Å². The number of hydrogen-bond acceptors (Lipinski definition) is 2. The highest BCUT2D eigenvalue weighted by atomic mass is 15.1. The molecule has 0 spiro atoms. The van der Waals surface area contributed by atoms with Crippen LogP contribution in [0.1, 0.15) is 72.1 Å². The van der Waals surface area contributed by atoms with Gasteiger partial charge in [0.25, 0.3) is 0 Å². The van der Waals surface area contributed by atoms with E-state index in [0.717, 1.165) is 5.92 Å². The summed E-state index contributed by atoms with van der Waals surface area (Å²) in [5.74, 6) is 1.01. The van der Waals surface area contributed by atoms with Gasteiger partial charge in [-0.15, -0.1) is 0 Å². The van der Waals surface area contributed by atoms with Crippen LogP contribution in [0.25, 0.3) is 0 Å². The van der Waals surface area contributed by atoms with Gasteiger partial charge in [0.05, 0.1) is 0 Å². The molecule has 0 saturated heterocycles. The SMILES string of the molecule is CCN(CC1CCC1)CC1(CNC(C)C)CCCCC1. The molecule has 0 amide bonds. The summed E-state index contributed by atoms with van der Waals surface area (Å²) in [5, 5.41) is 3.74. The van der Waals surface area contributed by atoms with Gasteiger partial charge in [-0.2, -0.15) is 0 Å². The van der Waals surface area contributed by atoms with Crippen molar-refractivity contribution in [1.82, 2.24) is 10.2 Å². The van der Waals surface area contributed by atoms with E-state index in [1.165, 1.54) is 77.5 Å². The fraction of sp³-hybridized carbons (Fsp3) is 1.00. The molecule has 2 aliphatic carbocycles. The van der Waals surface area contributed by atoms with Crippen molar-refractivity contribution in [3.63, 3.8) is 0 Å². The maximum Gasteiger partial charge on any atom is 0.00501 e. The summed E-state index contributed by atoms with van der Waals surface area (Å²) in [6.45, 7) is 12.1. The standard InChI is InChI=1S/C18H36N2/c1-4-20(13-17-9-8-10-17)15-18(14-19-16(2)3)11-6-5-7-12-18/h16-17,19H,4-15H2,1-3H3. The maximum absolute atomic E-state index is 3.74. The third-order valence-electron chi connectivity index (χ3n) is 5.55. The minimum atomic E-state index is 0.558. The Balaban J connectivity index is 1.89. The molecule has 20 heavy (non-hydrogen) atoms. The van der Waals surface area contributed by atoms with Gasteiger partial charge in [0.15, 0.2) is 0 Å². The summed E-state index contributed by atoms with van der Waals surface area (Å²) >= 11 is 0. The van der Waals surface area contributed by atoms with Crippen molar-refractivity contribution < 1.29 is 0 Å². The summed E-state index contributed by atoms with van der Waals surface area (Å²) < 4.78 is 0. The Labute approximate surface area is 126 Å². The summed E-state index contributed by atoms with van der Waals surface area (Å²) in [4.78, 5) is 2.76. The number of nitrogens with zero attached hydrogens (tertiary/aromatic N) is 1. The molecule has 0 aromatic carbocycles. The van der Waals surface area contributed by atoms with Gasteiger partial charge in [-0.1, -0.05) is 46.5 Å². The molecule has 2 fully saturated rings. The maximum atomic E-state index is 3.74. The Morgan fingerprint density at radius 2 is 1.80 bits per heavy atom. The van der Waals surface area contributed by atoms with Crippen molar-refractivity contribution in [1.29, 1.82) is 0 Å². The van der Waals surface area contributed by atoms with Gasteiger partial charge in [-0.3, -0.25) is 0 Å². The van der Waals surface area contributed by atoms with Gasteiger partial charge < -0.3 is 10.2 Å². The normalized spacial score (nSPS) is 23.2. The van der Waals surface area contributed by atoms with E-state index in [9.17, 15) is 0 Å². The lowest BCUT2D eigenvalue weighted by Crippen LogP contribution is -2.48. The Hall–Kier alpha value is -0.0800. The largest absolute Gasteiger partial charge is 0.314 e. The average Bonchev–Trinajstić information content (AvgIpc) is 2.40. The number of hydrogen-bond donors (Lipinski definition) is 1. The quantitative estimate of drug-likeness (QED) is 0.721. The van der Waals surface area contributed by atoms with E-state index in [1.54, 1.807) is 0 Å². The van der Waals surface area contributed by atoms with Crippen LogP contribution in [0.4, 0.5) is 0 Å². The summed E-state index contributed by atoms with van der Waals surface area (Å²) in [6, 6.07) is 0.621. The molecule has 0 heterocycles. The minimum Gasteiger partial charge on any atom is -0.314 e. The second-order valence-electron chi connectivity index (χ2n) is 7.72. The van der Waals surface area contributed by atoms with Gasteiger partial charge in [0.1, 0.15) is 0 Å². The first-order chi connectivity index (χ1) is 9.63. The number of rotatable bonds is 8. The van der Waals surface area contributed by atoms with Crippen LogP contribution in [0.15, 0.2) is 0 Å². The Morgan fingerprint density at radius 1 is 1.10 bits per heavy atom. The van der Waals surface area contributed by atoms with E-state index in [-0.39, 0.29) is 0 Å². The Morgan fingerprint density at radius 3 is 2.30 bits per heavy atom. The van der Waals surface area contributed by atoms with E-state index in [0.29, 0.717) is 11.5 Å². The van der Waals surface area contributed by atoms with Crippen LogP contribution in [-0.2, 0) is 0 Å². The average molecular weight is 281 g/mol. The fourth-order valence-electron chi connectivity index (χ4n) is 3.93. The predicted octanol–water partition coefficient (Wildman–Crippen LogP) is 4.06. The van der Waals surface area contributed by atoms with Crippen molar-refractivity contribution in [2.75, 3.05) is 26.2 Å². The lowest BCUT2D eigenvalue weighted by Gasteiger charge is -2.43. The molecule has 0 bridgehead atoms. The van der Waals surface area contributed by atoms with Gasteiger partial charge in [-0.25, -0.2) is 0 Å². The molecular formula is C18H36N2. The van der Waals surface area contributed by atoms with Gasteiger partial charge in [0, 0.05) is 25.7 Å². The molecule has 0 unspecified atom stereocenters. The van der Waals surface area contributed by atoms with Gasteiger partial charge in [-0.05, 0) is 43.6 Å². The highest BCUT2D eigenvalue weighted by Gasteiger charge is 2.34. The first-order valence-corrected chi connectivity index (χ1v) is 9.09. The molecule has 2 aliphatic rings. The topological polar surface area (TPSA) is 15.3 Å². The van der Waals surface area contributed by atoms with Crippen molar-refractivity contribution in [3.8, 4) is 0 Å². The molecule has 2 heteroatoms. The zero-order valence-electron chi connectivity index (χ0n) is 14.1. The molecule has 2 saturated carbocycles. The van der Waals surface area contributed by atoms with Gasteiger partial charge >= 0.3 is 0 Å². The van der Waals surface area contributed by atoms with Crippen molar-refractivity contribution in [3.05, 3.63) is 0 Å². The monoisotopic (exact) mass is 280 g/mol. The zero-order chi connectivity index (χ0) is 14.4. The van der Waals surface area contributed by atoms with E-state index in [2.05, 4.69) is 31.0 Å². The molecule has 0 radical (unpaired) electrons. The van der Waals surface area contributed by atoms with Gasteiger partial charge in [0.2, 0.25) is 0 Å². The van der Waals surface area contributed by atoms with E-state index < -0.39 is 0 Å². The zero-order valence-corrected chi connectivity index (χ0v) is 14.1. The third kappa shape index (κ3) is 4.73. The van der Waals surface area contributed by atoms with Crippen LogP contribution in [-0.4, -0.2) is 37.1 Å². The Bertz CT molecular complexity index is 265. The molecule has 2 rings (SSSR count). The van der Waals surface area contributed by atoms with Crippen LogP contribution >= 0.6 is 0 Å². The smallest absolute Gasteiger partial charge is 0.00501 e. The second-order valence-corrected chi connectivity index (χ2v) is 7.72. The lowest BCUT2D eigenvalue weighted by molar-refractivity contribution is 0.0813.